The lowest BCUT2D eigenvalue weighted by atomic mass is 9.82. The summed E-state index contributed by atoms with van der Waals surface area (Å²) in [5.41, 5.74) is -0.345. The molecule has 132 valence electrons. The third-order valence-corrected chi connectivity index (χ3v) is 4.51. The van der Waals surface area contributed by atoms with Crippen LogP contribution < -0.4 is 10.9 Å². The molecule has 1 aliphatic heterocycles. The second kappa shape index (κ2) is 6.76. The average Bonchev–Trinajstić information content (AvgIpc) is 2.55. The van der Waals surface area contributed by atoms with Crippen LogP contribution in [0.1, 0.15) is 34.5 Å². The number of ether oxygens (including phenoxy) is 1. The van der Waals surface area contributed by atoms with Gasteiger partial charge < -0.3 is 15.0 Å². The lowest BCUT2D eigenvalue weighted by Gasteiger charge is -2.38. The Kier molecular flexibility index (Phi) is 4.67. The van der Waals surface area contributed by atoms with E-state index in [0.29, 0.717) is 37.3 Å². The van der Waals surface area contributed by atoms with Crippen LogP contribution in [0, 0.1) is 18.6 Å². The standard InChI is InChI=1S/C18H18F2N2O3/c1-11-13(3-5-16(23)21-11)17(24)22-18(6-8-25-9-7-18)14-4-2-12(19)10-15(14)20/h2-5,10H,6-9H2,1H3,(H,21,23)(H,22,24). The van der Waals surface area contributed by atoms with Crippen LogP contribution in [0.4, 0.5) is 8.78 Å². The number of hydrogen-bond donors (Lipinski definition) is 2. The molecule has 2 heterocycles. The van der Waals surface area contributed by atoms with Gasteiger partial charge in [0.2, 0.25) is 5.56 Å². The average molecular weight is 348 g/mol. The first-order valence-corrected chi connectivity index (χ1v) is 7.97. The fourth-order valence-corrected chi connectivity index (χ4v) is 3.17. The number of aromatic amines is 1. The number of amides is 1. The quantitative estimate of drug-likeness (QED) is 0.895. The second-order valence-electron chi connectivity index (χ2n) is 6.13. The Labute approximate surface area is 143 Å². The highest BCUT2D eigenvalue weighted by molar-refractivity contribution is 5.95. The van der Waals surface area contributed by atoms with Crippen molar-refractivity contribution in [1.29, 1.82) is 0 Å². The summed E-state index contributed by atoms with van der Waals surface area (Å²) >= 11 is 0. The minimum Gasteiger partial charge on any atom is -0.381 e. The highest BCUT2D eigenvalue weighted by atomic mass is 19.1. The summed E-state index contributed by atoms with van der Waals surface area (Å²) in [5, 5.41) is 2.88. The van der Waals surface area contributed by atoms with Gasteiger partial charge in [-0.05, 0) is 31.9 Å². The Bertz CT molecular complexity index is 858. The first kappa shape index (κ1) is 17.3. The third-order valence-electron chi connectivity index (χ3n) is 4.51. The van der Waals surface area contributed by atoms with Crippen LogP contribution in [0.15, 0.2) is 35.1 Å². The predicted octanol–water partition coefficient (Wildman–Crippen LogP) is 2.40. The normalized spacial score (nSPS) is 16.4. The second-order valence-corrected chi connectivity index (χ2v) is 6.13. The topological polar surface area (TPSA) is 71.2 Å². The van der Waals surface area contributed by atoms with Gasteiger partial charge in [-0.3, -0.25) is 9.59 Å². The molecule has 0 aliphatic carbocycles. The maximum absolute atomic E-state index is 14.4. The molecule has 2 N–H and O–H groups in total. The van der Waals surface area contributed by atoms with Gasteiger partial charge >= 0.3 is 0 Å². The number of hydrogen-bond acceptors (Lipinski definition) is 3. The van der Waals surface area contributed by atoms with Gasteiger partial charge in [-0.15, -0.1) is 0 Å². The van der Waals surface area contributed by atoms with Gasteiger partial charge in [0, 0.05) is 36.6 Å². The van der Waals surface area contributed by atoms with Crippen LogP contribution >= 0.6 is 0 Å². The minimum atomic E-state index is -0.990. The highest BCUT2D eigenvalue weighted by Crippen LogP contribution is 2.34. The number of pyridine rings is 1. The van der Waals surface area contributed by atoms with E-state index in [9.17, 15) is 18.4 Å². The first-order valence-electron chi connectivity index (χ1n) is 7.97. The zero-order valence-electron chi connectivity index (χ0n) is 13.7. The molecular weight excluding hydrogens is 330 g/mol. The summed E-state index contributed by atoms with van der Waals surface area (Å²) in [5.74, 6) is -1.81. The van der Waals surface area contributed by atoms with Crippen LogP contribution in [0.25, 0.3) is 0 Å². The summed E-state index contributed by atoms with van der Waals surface area (Å²) in [7, 11) is 0. The number of nitrogens with one attached hydrogen (secondary N) is 2. The molecule has 1 saturated heterocycles. The SMILES string of the molecule is Cc1[nH]c(=O)ccc1C(=O)NC1(c2ccc(F)cc2F)CCOCC1. The molecule has 0 radical (unpaired) electrons. The zero-order valence-corrected chi connectivity index (χ0v) is 13.7. The minimum absolute atomic E-state index is 0.229. The molecule has 5 nitrogen and oxygen atoms in total. The Balaban J connectivity index is 1.98. The van der Waals surface area contributed by atoms with Crippen molar-refractivity contribution in [3.8, 4) is 0 Å². The molecule has 0 saturated carbocycles. The van der Waals surface area contributed by atoms with E-state index in [1.165, 1.54) is 24.3 Å². The van der Waals surface area contributed by atoms with Gasteiger partial charge in [0.1, 0.15) is 11.6 Å². The number of halogens is 2. The van der Waals surface area contributed by atoms with Crippen LogP contribution in [0.5, 0.6) is 0 Å². The monoisotopic (exact) mass is 348 g/mol. The van der Waals surface area contributed by atoms with E-state index in [-0.39, 0.29) is 11.1 Å². The van der Waals surface area contributed by atoms with Crippen LogP contribution in [-0.2, 0) is 10.3 Å². The molecule has 7 heteroatoms. The molecule has 2 aromatic rings. The summed E-state index contributed by atoms with van der Waals surface area (Å²) < 4.78 is 33.0. The fraction of sp³-hybridized carbons (Fsp3) is 0.333. The van der Waals surface area contributed by atoms with Gasteiger partial charge in [0.15, 0.2) is 0 Å². The van der Waals surface area contributed by atoms with Crippen molar-refractivity contribution in [1.82, 2.24) is 10.3 Å². The van der Waals surface area contributed by atoms with Crippen molar-refractivity contribution in [2.24, 2.45) is 0 Å². The number of H-pyrrole nitrogens is 1. The van der Waals surface area contributed by atoms with Gasteiger partial charge in [-0.1, -0.05) is 6.07 Å². The van der Waals surface area contributed by atoms with Crippen LogP contribution in [0.2, 0.25) is 0 Å². The largest absolute Gasteiger partial charge is 0.381 e. The van der Waals surface area contributed by atoms with E-state index >= 15 is 0 Å². The Morgan fingerprint density at radius 2 is 1.92 bits per heavy atom. The van der Waals surface area contributed by atoms with E-state index in [1.807, 2.05) is 0 Å². The molecule has 1 aromatic heterocycles. The predicted molar refractivity (Wildman–Crippen MR) is 87.4 cm³/mol. The summed E-state index contributed by atoms with van der Waals surface area (Å²) in [6.07, 6.45) is 0.730. The highest BCUT2D eigenvalue weighted by Gasteiger charge is 2.38. The molecule has 0 unspecified atom stereocenters. The number of aryl methyl sites for hydroxylation is 1. The summed E-state index contributed by atoms with van der Waals surface area (Å²) in [6, 6.07) is 6.03. The lowest BCUT2D eigenvalue weighted by molar-refractivity contribution is 0.0333. The van der Waals surface area contributed by atoms with Crippen molar-refractivity contribution in [2.45, 2.75) is 25.3 Å². The maximum atomic E-state index is 14.4. The molecule has 1 amide bonds. The number of rotatable bonds is 3. The molecule has 0 bridgehead atoms. The van der Waals surface area contributed by atoms with Gasteiger partial charge in [0.25, 0.3) is 5.91 Å². The van der Waals surface area contributed by atoms with E-state index in [4.69, 9.17) is 4.74 Å². The fourth-order valence-electron chi connectivity index (χ4n) is 3.17. The van der Waals surface area contributed by atoms with E-state index < -0.39 is 23.1 Å². The summed E-state index contributed by atoms with van der Waals surface area (Å²) in [4.78, 5) is 26.6. The molecule has 1 aliphatic rings. The number of benzene rings is 1. The number of carbonyl (C=O) groups is 1. The molecular formula is C18H18F2N2O3. The van der Waals surface area contributed by atoms with Crippen molar-refractivity contribution < 1.29 is 18.3 Å². The van der Waals surface area contributed by atoms with E-state index in [0.717, 1.165) is 6.07 Å². The van der Waals surface area contributed by atoms with Gasteiger partial charge in [-0.2, -0.15) is 0 Å². The van der Waals surface area contributed by atoms with Gasteiger partial charge in [-0.25, -0.2) is 8.78 Å². The Hall–Kier alpha value is -2.54. The molecule has 3 rings (SSSR count). The molecule has 0 spiro atoms. The molecule has 0 atom stereocenters. The van der Waals surface area contributed by atoms with E-state index in [1.54, 1.807) is 6.92 Å². The van der Waals surface area contributed by atoms with E-state index in [2.05, 4.69) is 10.3 Å². The van der Waals surface area contributed by atoms with Crippen molar-refractivity contribution >= 4 is 5.91 Å². The Morgan fingerprint density at radius 3 is 2.56 bits per heavy atom. The zero-order chi connectivity index (χ0) is 18.0. The number of aromatic nitrogens is 1. The van der Waals surface area contributed by atoms with Crippen molar-refractivity contribution in [2.75, 3.05) is 13.2 Å². The molecule has 1 fully saturated rings. The molecule has 1 aromatic carbocycles. The van der Waals surface area contributed by atoms with Crippen LogP contribution in [0.3, 0.4) is 0 Å². The molecule has 25 heavy (non-hydrogen) atoms. The Morgan fingerprint density at radius 1 is 1.20 bits per heavy atom. The maximum Gasteiger partial charge on any atom is 0.253 e. The summed E-state index contributed by atoms with van der Waals surface area (Å²) in [6.45, 7) is 2.31. The van der Waals surface area contributed by atoms with Gasteiger partial charge in [0.05, 0.1) is 11.1 Å². The third kappa shape index (κ3) is 3.46. The van der Waals surface area contributed by atoms with Crippen molar-refractivity contribution in [3.63, 3.8) is 0 Å². The first-order chi connectivity index (χ1) is 11.9. The van der Waals surface area contributed by atoms with Crippen LogP contribution in [-0.4, -0.2) is 24.1 Å². The van der Waals surface area contributed by atoms with Crippen molar-refractivity contribution in [3.05, 3.63) is 69.1 Å². The number of carbonyl (C=O) groups excluding carboxylic acids is 1. The smallest absolute Gasteiger partial charge is 0.253 e. The lowest BCUT2D eigenvalue weighted by Crippen LogP contribution is -2.50.